The number of hydrogen-bond donors (Lipinski definition) is 1. The summed E-state index contributed by atoms with van der Waals surface area (Å²) in [6, 6.07) is 5.39. The Morgan fingerprint density at radius 3 is 2.71 bits per heavy atom. The Bertz CT molecular complexity index is 557. The molecule has 2 aromatic rings. The number of rotatable bonds is 0. The molecule has 0 radical (unpaired) electrons. The van der Waals surface area contributed by atoms with E-state index in [9.17, 15) is 4.79 Å². The van der Waals surface area contributed by atoms with E-state index in [4.69, 9.17) is 0 Å². The van der Waals surface area contributed by atoms with E-state index in [2.05, 4.69) is 20.9 Å². The minimum atomic E-state index is -0.0568. The third-order valence-corrected chi connectivity index (χ3v) is 3.61. The van der Waals surface area contributed by atoms with E-state index >= 15 is 0 Å². The summed E-state index contributed by atoms with van der Waals surface area (Å²) < 4.78 is 1.11. The first kappa shape index (κ1) is 9.46. The average molecular weight is 252 g/mol. The van der Waals surface area contributed by atoms with Crippen molar-refractivity contribution in [3.63, 3.8) is 0 Å². The van der Waals surface area contributed by atoms with Gasteiger partial charge in [0, 0.05) is 21.4 Å². The fourth-order valence-electron chi connectivity index (χ4n) is 1.63. The molecular formula is C11H10BrNO. The van der Waals surface area contributed by atoms with Gasteiger partial charge in [-0.2, -0.15) is 0 Å². The van der Waals surface area contributed by atoms with Gasteiger partial charge in [0.2, 0.25) is 5.56 Å². The second-order valence-corrected chi connectivity index (χ2v) is 4.21. The summed E-state index contributed by atoms with van der Waals surface area (Å²) in [7, 11) is 0. The second-order valence-electron chi connectivity index (χ2n) is 3.42. The molecule has 0 saturated carbocycles. The zero-order valence-electron chi connectivity index (χ0n) is 8.02. The first-order chi connectivity index (χ1) is 6.59. The van der Waals surface area contributed by atoms with Crippen molar-refractivity contribution in [1.82, 2.24) is 4.98 Å². The molecule has 1 N–H and O–H groups in total. The fourth-order valence-corrected chi connectivity index (χ4v) is 1.95. The van der Waals surface area contributed by atoms with Crippen LogP contribution in [0, 0.1) is 13.8 Å². The van der Waals surface area contributed by atoms with Gasteiger partial charge in [-0.3, -0.25) is 4.79 Å². The average Bonchev–Trinajstić information content (AvgIpc) is 2.14. The molecule has 1 aromatic carbocycles. The number of aryl methyl sites for hydroxylation is 2. The van der Waals surface area contributed by atoms with Gasteiger partial charge in [0.15, 0.2) is 0 Å². The van der Waals surface area contributed by atoms with Crippen LogP contribution in [0.25, 0.3) is 10.9 Å². The lowest BCUT2D eigenvalue weighted by atomic mass is 10.1. The van der Waals surface area contributed by atoms with Crippen molar-refractivity contribution in [2.24, 2.45) is 0 Å². The molecule has 0 bridgehead atoms. The van der Waals surface area contributed by atoms with Crippen LogP contribution >= 0.6 is 15.9 Å². The fraction of sp³-hybridized carbons (Fsp3) is 0.182. The summed E-state index contributed by atoms with van der Waals surface area (Å²) in [4.78, 5) is 13.9. The van der Waals surface area contributed by atoms with E-state index in [0.29, 0.717) is 0 Å². The normalized spacial score (nSPS) is 10.8. The van der Waals surface area contributed by atoms with Crippen LogP contribution in [0.3, 0.4) is 0 Å². The molecule has 0 unspecified atom stereocenters. The first-order valence-electron chi connectivity index (χ1n) is 4.38. The van der Waals surface area contributed by atoms with Crippen molar-refractivity contribution >= 4 is 26.8 Å². The van der Waals surface area contributed by atoms with E-state index in [1.165, 1.54) is 0 Å². The third-order valence-electron chi connectivity index (χ3n) is 2.39. The zero-order chi connectivity index (χ0) is 10.3. The van der Waals surface area contributed by atoms with E-state index in [1.54, 1.807) is 6.07 Å². The van der Waals surface area contributed by atoms with Crippen LogP contribution in [0.2, 0.25) is 0 Å². The molecule has 0 aliphatic carbocycles. The number of H-pyrrole nitrogens is 1. The van der Waals surface area contributed by atoms with Gasteiger partial charge in [0.05, 0.1) is 0 Å². The summed E-state index contributed by atoms with van der Waals surface area (Å²) in [6.07, 6.45) is 0. The summed E-state index contributed by atoms with van der Waals surface area (Å²) >= 11 is 3.53. The molecule has 14 heavy (non-hydrogen) atoms. The third kappa shape index (κ3) is 1.38. The second kappa shape index (κ2) is 3.24. The number of halogens is 1. The predicted octanol–water partition coefficient (Wildman–Crippen LogP) is 2.91. The smallest absolute Gasteiger partial charge is 0.248 e. The Kier molecular flexibility index (Phi) is 2.19. The number of nitrogens with one attached hydrogen (secondary N) is 1. The van der Waals surface area contributed by atoms with Gasteiger partial charge >= 0.3 is 0 Å². The molecule has 72 valence electrons. The van der Waals surface area contributed by atoms with Crippen molar-refractivity contribution in [3.05, 3.63) is 44.2 Å². The quantitative estimate of drug-likeness (QED) is 0.768. The van der Waals surface area contributed by atoms with E-state index < -0.39 is 0 Å². The molecule has 0 aliphatic rings. The Morgan fingerprint density at radius 2 is 2.00 bits per heavy atom. The maximum absolute atomic E-state index is 11.1. The van der Waals surface area contributed by atoms with E-state index in [0.717, 1.165) is 26.5 Å². The number of benzene rings is 1. The Hall–Kier alpha value is -1.09. The van der Waals surface area contributed by atoms with Gasteiger partial charge in [0.1, 0.15) is 0 Å². The van der Waals surface area contributed by atoms with Gasteiger partial charge in [-0.1, -0.05) is 15.9 Å². The van der Waals surface area contributed by atoms with E-state index in [1.807, 2.05) is 26.0 Å². The van der Waals surface area contributed by atoms with Gasteiger partial charge < -0.3 is 4.98 Å². The molecule has 1 heterocycles. The van der Waals surface area contributed by atoms with Crippen molar-refractivity contribution < 1.29 is 0 Å². The van der Waals surface area contributed by atoms with Crippen LogP contribution in [-0.2, 0) is 0 Å². The molecule has 0 aliphatic heterocycles. The summed E-state index contributed by atoms with van der Waals surface area (Å²) in [5.41, 5.74) is 3.14. The molecular weight excluding hydrogens is 242 g/mol. The predicted molar refractivity (Wildman–Crippen MR) is 61.7 cm³/mol. The Morgan fingerprint density at radius 1 is 1.29 bits per heavy atom. The van der Waals surface area contributed by atoms with Crippen LogP contribution in [-0.4, -0.2) is 4.98 Å². The lowest BCUT2D eigenvalue weighted by Gasteiger charge is -2.07. The molecule has 2 rings (SSSR count). The van der Waals surface area contributed by atoms with Gasteiger partial charge in [-0.05, 0) is 37.1 Å². The van der Waals surface area contributed by atoms with Crippen molar-refractivity contribution in [2.75, 3.05) is 0 Å². The molecule has 0 amide bonds. The highest BCUT2D eigenvalue weighted by Crippen LogP contribution is 2.27. The van der Waals surface area contributed by atoms with Crippen LogP contribution in [0.15, 0.2) is 27.5 Å². The number of aromatic nitrogens is 1. The van der Waals surface area contributed by atoms with Crippen molar-refractivity contribution in [2.45, 2.75) is 13.8 Å². The highest BCUT2D eigenvalue weighted by atomic mass is 79.9. The van der Waals surface area contributed by atoms with Crippen LogP contribution in [0.5, 0.6) is 0 Å². The largest absolute Gasteiger partial charge is 0.322 e. The molecule has 1 aromatic heterocycles. The molecule has 0 atom stereocenters. The maximum atomic E-state index is 11.1. The molecule has 0 spiro atoms. The minimum Gasteiger partial charge on any atom is -0.322 e. The lowest BCUT2D eigenvalue weighted by Crippen LogP contribution is -2.03. The van der Waals surface area contributed by atoms with Crippen molar-refractivity contribution in [1.29, 1.82) is 0 Å². The summed E-state index contributed by atoms with van der Waals surface area (Å²) in [5.74, 6) is 0. The number of pyridine rings is 1. The topological polar surface area (TPSA) is 32.9 Å². The first-order valence-corrected chi connectivity index (χ1v) is 5.17. The van der Waals surface area contributed by atoms with Crippen LogP contribution in [0.4, 0.5) is 0 Å². The van der Waals surface area contributed by atoms with E-state index in [-0.39, 0.29) is 5.56 Å². The molecule has 3 heteroatoms. The number of hydrogen-bond acceptors (Lipinski definition) is 1. The molecule has 0 saturated heterocycles. The maximum Gasteiger partial charge on any atom is 0.248 e. The number of aromatic amines is 1. The zero-order valence-corrected chi connectivity index (χ0v) is 9.60. The lowest BCUT2D eigenvalue weighted by molar-refractivity contribution is 1.28. The number of fused-ring (bicyclic) bond motifs is 1. The standard InChI is InChI=1S/C11H10BrNO/c1-6-5-9-8(7(2)11(6)12)3-4-10(14)13-9/h3-5H,1-2H3,(H,13,14). The highest BCUT2D eigenvalue weighted by Gasteiger charge is 2.04. The minimum absolute atomic E-state index is 0.0568. The van der Waals surface area contributed by atoms with Gasteiger partial charge in [0.25, 0.3) is 0 Å². The van der Waals surface area contributed by atoms with Crippen LogP contribution in [0.1, 0.15) is 11.1 Å². The Labute approximate surface area is 90.1 Å². The van der Waals surface area contributed by atoms with Crippen LogP contribution < -0.4 is 5.56 Å². The highest BCUT2D eigenvalue weighted by molar-refractivity contribution is 9.10. The Balaban J connectivity index is 2.98. The van der Waals surface area contributed by atoms with Gasteiger partial charge in [-0.15, -0.1) is 0 Å². The molecule has 2 nitrogen and oxygen atoms in total. The molecule has 0 fully saturated rings. The summed E-state index contributed by atoms with van der Waals surface area (Å²) in [6.45, 7) is 4.06. The monoisotopic (exact) mass is 251 g/mol. The van der Waals surface area contributed by atoms with Crippen molar-refractivity contribution in [3.8, 4) is 0 Å². The SMILES string of the molecule is Cc1cc2[nH]c(=O)ccc2c(C)c1Br. The summed E-state index contributed by atoms with van der Waals surface area (Å²) in [5, 5.41) is 1.09. The van der Waals surface area contributed by atoms with Gasteiger partial charge in [-0.25, -0.2) is 0 Å².